The second-order valence-electron chi connectivity index (χ2n) is 7.30. The molecule has 2 heterocycles. The van der Waals surface area contributed by atoms with Gasteiger partial charge in [0.2, 0.25) is 11.8 Å². The van der Waals surface area contributed by atoms with Crippen LogP contribution in [0.3, 0.4) is 0 Å². The van der Waals surface area contributed by atoms with Gasteiger partial charge in [-0.05, 0) is 49.9 Å². The number of carbonyl (C=O) groups excluding carboxylic acids is 2. The third-order valence-electron chi connectivity index (χ3n) is 5.22. The molecule has 2 amide bonds. The minimum absolute atomic E-state index is 0.0233. The van der Waals surface area contributed by atoms with Crippen LogP contribution in [0.2, 0.25) is 0 Å². The van der Waals surface area contributed by atoms with Crippen molar-refractivity contribution in [3.8, 4) is 5.75 Å². The van der Waals surface area contributed by atoms with Crippen molar-refractivity contribution in [1.29, 1.82) is 0 Å². The lowest BCUT2D eigenvalue weighted by molar-refractivity contribution is -0.128. The van der Waals surface area contributed by atoms with Gasteiger partial charge in [-0.1, -0.05) is 6.07 Å². The van der Waals surface area contributed by atoms with Gasteiger partial charge in [-0.15, -0.1) is 0 Å². The van der Waals surface area contributed by atoms with Crippen molar-refractivity contribution in [2.24, 2.45) is 5.92 Å². The van der Waals surface area contributed by atoms with Gasteiger partial charge in [0.05, 0.1) is 24.8 Å². The quantitative estimate of drug-likeness (QED) is 0.846. The maximum Gasteiger partial charge on any atom is 0.229 e. The lowest BCUT2D eigenvalue weighted by Gasteiger charge is -2.16. The first-order valence-corrected chi connectivity index (χ1v) is 9.55. The number of amides is 2. The zero-order valence-electron chi connectivity index (χ0n) is 15.2. The molecule has 2 fully saturated rings. The summed E-state index contributed by atoms with van der Waals surface area (Å²) < 4.78 is 11.3. The van der Waals surface area contributed by atoms with E-state index in [9.17, 15) is 9.59 Å². The van der Waals surface area contributed by atoms with Crippen molar-refractivity contribution >= 4 is 17.5 Å². The van der Waals surface area contributed by atoms with Crippen LogP contribution in [0.4, 0.5) is 5.69 Å². The Bertz CT molecular complexity index is 796. The number of benzene rings is 1. The van der Waals surface area contributed by atoms with Gasteiger partial charge >= 0.3 is 0 Å². The van der Waals surface area contributed by atoms with Crippen LogP contribution in [-0.2, 0) is 16.1 Å². The molecule has 0 bridgehead atoms. The van der Waals surface area contributed by atoms with Crippen LogP contribution in [-0.4, -0.2) is 29.4 Å². The Kier molecular flexibility index (Phi) is 5.14. The Hall–Kier alpha value is -2.76. The fourth-order valence-corrected chi connectivity index (χ4v) is 3.78. The number of rotatable bonds is 6. The summed E-state index contributed by atoms with van der Waals surface area (Å²) in [5, 5.41) is 2.93. The van der Waals surface area contributed by atoms with Crippen LogP contribution in [0.25, 0.3) is 0 Å². The maximum absolute atomic E-state index is 12.6. The Morgan fingerprint density at radius 1 is 1.22 bits per heavy atom. The van der Waals surface area contributed by atoms with E-state index in [0.29, 0.717) is 18.8 Å². The molecule has 1 unspecified atom stereocenters. The Morgan fingerprint density at radius 2 is 2.07 bits per heavy atom. The van der Waals surface area contributed by atoms with Gasteiger partial charge in [-0.2, -0.15) is 0 Å². The number of ether oxygens (including phenoxy) is 1. The van der Waals surface area contributed by atoms with E-state index in [-0.39, 0.29) is 30.3 Å². The van der Waals surface area contributed by atoms with Gasteiger partial charge in [0.15, 0.2) is 0 Å². The normalized spacial score (nSPS) is 20.2. The number of hydrogen-bond acceptors (Lipinski definition) is 4. The number of likely N-dealkylation sites (tertiary alicyclic amines) is 1. The van der Waals surface area contributed by atoms with E-state index in [1.54, 1.807) is 17.2 Å². The van der Waals surface area contributed by atoms with Gasteiger partial charge in [-0.3, -0.25) is 9.59 Å². The number of hydrogen-bond donors (Lipinski definition) is 1. The molecule has 27 heavy (non-hydrogen) atoms. The summed E-state index contributed by atoms with van der Waals surface area (Å²) in [6, 6.07) is 11.1. The molecule has 6 nitrogen and oxygen atoms in total. The van der Waals surface area contributed by atoms with Crippen LogP contribution >= 0.6 is 0 Å². The molecule has 1 saturated heterocycles. The minimum atomic E-state index is -0.355. The molecule has 0 radical (unpaired) electrons. The first-order valence-electron chi connectivity index (χ1n) is 9.55. The summed E-state index contributed by atoms with van der Waals surface area (Å²) in [5.41, 5.74) is 0.701. The second kappa shape index (κ2) is 7.86. The van der Waals surface area contributed by atoms with Gasteiger partial charge in [0.1, 0.15) is 11.5 Å². The molecule has 1 saturated carbocycles. The van der Waals surface area contributed by atoms with Crippen LogP contribution in [0.1, 0.15) is 37.9 Å². The molecule has 2 aromatic rings. The number of nitrogens with one attached hydrogen (secondary N) is 1. The average Bonchev–Trinajstić information content (AvgIpc) is 3.40. The third kappa shape index (κ3) is 4.32. The summed E-state index contributed by atoms with van der Waals surface area (Å²) in [6.45, 7) is 0.809. The standard InChI is InChI=1S/C21H24N2O4/c24-20-11-15(13-23(20)14-19-9-4-10-26-19)21(25)22-16-5-3-8-18(12-16)27-17-6-1-2-7-17/h3-5,8-10,12,15,17H,1-2,6-7,11,13-14H2,(H,22,25). The van der Waals surface area contributed by atoms with E-state index >= 15 is 0 Å². The highest BCUT2D eigenvalue weighted by Gasteiger charge is 2.34. The molecule has 1 N–H and O–H groups in total. The zero-order chi connectivity index (χ0) is 18.6. The molecule has 1 aliphatic carbocycles. The van der Waals surface area contributed by atoms with Gasteiger partial charge in [0, 0.05) is 24.7 Å². The Labute approximate surface area is 158 Å². The number of furan rings is 1. The topological polar surface area (TPSA) is 71.8 Å². The first-order chi connectivity index (χ1) is 13.2. The first kappa shape index (κ1) is 17.6. The molecule has 1 aliphatic heterocycles. The SMILES string of the molecule is O=C(Nc1cccc(OC2CCCC2)c1)C1CC(=O)N(Cc2ccco2)C1. The Morgan fingerprint density at radius 3 is 2.85 bits per heavy atom. The predicted octanol–water partition coefficient (Wildman–Crippen LogP) is 3.59. The van der Waals surface area contributed by atoms with E-state index < -0.39 is 0 Å². The Balaban J connectivity index is 1.34. The van der Waals surface area contributed by atoms with Crippen molar-refractivity contribution in [2.75, 3.05) is 11.9 Å². The van der Waals surface area contributed by atoms with Gasteiger partial charge < -0.3 is 19.4 Å². The summed E-state index contributed by atoms with van der Waals surface area (Å²) in [6.07, 6.45) is 6.69. The lowest BCUT2D eigenvalue weighted by atomic mass is 10.1. The van der Waals surface area contributed by atoms with Crippen molar-refractivity contribution in [3.05, 3.63) is 48.4 Å². The van der Waals surface area contributed by atoms with E-state index in [1.807, 2.05) is 30.3 Å². The molecule has 142 valence electrons. The molecular formula is C21H24N2O4. The van der Waals surface area contributed by atoms with Crippen LogP contribution in [0.5, 0.6) is 5.75 Å². The average molecular weight is 368 g/mol. The zero-order valence-corrected chi connectivity index (χ0v) is 15.2. The fraction of sp³-hybridized carbons (Fsp3) is 0.429. The van der Waals surface area contributed by atoms with Crippen molar-refractivity contribution in [1.82, 2.24) is 4.90 Å². The fourth-order valence-electron chi connectivity index (χ4n) is 3.78. The molecule has 4 rings (SSSR count). The van der Waals surface area contributed by atoms with Crippen molar-refractivity contribution in [2.45, 2.75) is 44.8 Å². The van der Waals surface area contributed by atoms with E-state index in [1.165, 1.54) is 12.8 Å². The highest BCUT2D eigenvalue weighted by Crippen LogP contribution is 2.27. The number of nitrogens with zero attached hydrogens (tertiary/aromatic N) is 1. The summed E-state index contributed by atoms with van der Waals surface area (Å²) in [7, 11) is 0. The number of anilines is 1. The van der Waals surface area contributed by atoms with Crippen LogP contribution in [0, 0.1) is 5.92 Å². The second-order valence-corrected chi connectivity index (χ2v) is 7.30. The molecule has 6 heteroatoms. The third-order valence-corrected chi connectivity index (χ3v) is 5.22. The maximum atomic E-state index is 12.6. The molecule has 1 aromatic heterocycles. The van der Waals surface area contributed by atoms with Crippen molar-refractivity contribution in [3.63, 3.8) is 0 Å². The van der Waals surface area contributed by atoms with E-state index in [0.717, 1.165) is 24.4 Å². The number of carbonyl (C=O) groups is 2. The predicted molar refractivity (Wildman–Crippen MR) is 100 cm³/mol. The van der Waals surface area contributed by atoms with Gasteiger partial charge in [-0.25, -0.2) is 0 Å². The van der Waals surface area contributed by atoms with Crippen molar-refractivity contribution < 1.29 is 18.7 Å². The van der Waals surface area contributed by atoms with Crippen LogP contribution < -0.4 is 10.1 Å². The highest BCUT2D eigenvalue weighted by atomic mass is 16.5. The molecule has 2 aliphatic rings. The largest absolute Gasteiger partial charge is 0.490 e. The highest BCUT2D eigenvalue weighted by molar-refractivity contribution is 5.97. The van der Waals surface area contributed by atoms with Crippen LogP contribution in [0.15, 0.2) is 47.1 Å². The minimum Gasteiger partial charge on any atom is -0.490 e. The summed E-state index contributed by atoms with van der Waals surface area (Å²) >= 11 is 0. The van der Waals surface area contributed by atoms with Gasteiger partial charge in [0.25, 0.3) is 0 Å². The molecular weight excluding hydrogens is 344 g/mol. The smallest absolute Gasteiger partial charge is 0.229 e. The summed E-state index contributed by atoms with van der Waals surface area (Å²) in [5.74, 6) is 0.989. The molecule has 1 aromatic carbocycles. The molecule has 0 spiro atoms. The monoisotopic (exact) mass is 368 g/mol. The lowest BCUT2D eigenvalue weighted by Crippen LogP contribution is -2.27. The summed E-state index contributed by atoms with van der Waals surface area (Å²) in [4.78, 5) is 26.5. The van der Waals surface area contributed by atoms with E-state index in [2.05, 4.69) is 5.32 Å². The molecule has 1 atom stereocenters. The van der Waals surface area contributed by atoms with E-state index in [4.69, 9.17) is 9.15 Å².